The molecule has 2 nitrogen and oxygen atoms in total. The summed E-state index contributed by atoms with van der Waals surface area (Å²) in [7, 11) is 0. The second-order valence-corrected chi connectivity index (χ2v) is 2.14. The number of nitriles is 1. The Kier molecular flexibility index (Phi) is 1.87. The third-order valence-corrected chi connectivity index (χ3v) is 1.25. The van der Waals surface area contributed by atoms with Gasteiger partial charge in [-0.2, -0.15) is 5.26 Å². The zero-order chi connectivity index (χ0) is 5.82. The van der Waals surface area contributed by atoms with E-state index in [4.69, 9.17) is 5.26 Å². The quantitative estimate of drug-likeness (QED) is 0.541. The Morgan fingerprint density at radius 2 is 2.38 bits per heavy atom. The smallest absolute Gasteiger partial charge is 0.0635 e. The molecule has 0 aromatic heterocycles. The lowest BCUT2D eigenvalue weighted by Gasteiger charge is -1.93. The first-order chi connectivity index (χ1) is 3.93. The number of hydrogen-bond donors (Lipinski definition) is 1. The third kappa shape index (κ3) is 1.94. The summed E-state index contributed by atoms with van der Waals surface area (Å²) in [6, 6.07) is 2.84. The van der Waals surface area contributed by atoms with E-state index in [-0.39, 0.29) is 0 Å². The molecule has 44 valence electrons. The Bertz CT molecular complexity index is 99.6. The zero-order valence-corrected chi connectivity index (χ0v) is 4.85. The maximum atomic E-state index is 8.11. The molecule has 0 heterocycles. The summed E-state index contributed by atoms with van der Waals surface area (Å²) in [5, 5.41) is 11.3. The predicted molar refractivity (Wildman–Crippen MR) is 31.3 cm³/mol. The van der Waals surface area contributed by atoms with Crippen LogP contribution in [-0.2, 0) is 0 Å². The van der Waals surface area contributed by atoms with Crippen molar-refractivity contribution in [2.45, 2.75) is 25.3 Å². The van der Waals surface area contributed by atoms with Gasteiger partial charge in [0.05, 0.1) is 6.07 Å². The molecule has 0 aliphatic heterocycles. The summed E-state index contributed by atoms with van der Waals surface area (Å²) in [6.45, 7) is 0.876. The lowest BCUT2D eigenvalue weighted by Crippen LogP contribution is -2.16. The number of nitrogens with zero attached hydrogens (tertiary/aromatic N) is 1. The number of hydrogen-bond acceptors (Lipinski definition) is 2. The van der Waals surface area contributed by atoms with Crippen LogP contribution >= 0.6 is 0 Å². The second kappa shape index (κ2) is 2.68. The molecule has 0 radical (unpaired) electrons. The standard InChI is InChI=1S/C6H10N2/c7-4-1-5-8-6-2-3-6/h6,8H,1-3,5H2. The lowest BCUT2D eigenvalue weighted by atomic mass is 10.4. The van der Waals surface area contributed by atoms with Crippen molar-refractivity contribution in [3.8, 4) is 6.07 Å². The molecule has 1 rings (SSSR count). The molecule has 2 heteroatoms. The molecule has 0 aromatic rings. The van der Waals surface area contributed by atoms with Crippen molar-refractivity contribution < 1.29 is 0 Å². The largest absolute Gasteiger partial charge is 0.313 e. The van der Waals surface area contributed by atoms with E-state index < -0.39 is 0 Å². The first-order valence-electron chi connectivity index (χ1n) is 3.04. The molecule has 0 unspecified atom stereocenters. The Balaban J connectivity index is 1.83. The van der Waals surface area contributed by atoms with Gasteiger partial charge < -0.3 is 5.32 Å². The fraction of sp³-hybridized carbons (Fsp3) is 0.833. The summed E-state index contributed by atoms with van der Waals surface area (Å²) >= 11 is 0. The highest BCUT2D eigenvalue weighted by molar-refractivity contribution is 4.82. The van der Waals surface area contributed by atoms with Crippen molar-refractivity contribution in [2.24, 2.45) is 0 Å². The van der Waals surface area contributed by atoms with Crippen LogP contribution in [0.4, 0.5) is 0 Å². The van der Waals surface area contributed by atoms with Crippen LogP contribution in [0.1, 0.15) is 19.3 Å². The first kappa shape index (κ1) is 5.58. The van der Waals surface area contributed by atoms with Crippen LogP contribution in [0.25, 0.3) is 0 Å². The van der Waals surface area contributed by atoms with Crippen LogP contribution in [-0.4, -0.2) is 12.6 Å². The summed E-state index contributed by atoms with van der Waals surface area (Å²) in [4.78, 5) is 0. The molecule has 0 spiro atoms. The highest BCUT2D eigenvalue weighted by Gasteiger charge is 2.19. The molecule has 1 fully saturated rings. The van der Waals surface area contributed by atoms with Crippen molar-refractivity contribution in [1.82, 2.24) is 5.32 Å². The SMILES string of the molecule is N#CCCNC1CC1. The minimum Gasteiger partial charge on any atom is -0.313 e. The molecule has 0 bridgehead atoms. The molecule has 1 N–H and O–H groups in total. The average Bonchev–Trinajstić information content (AvgIpc) is 2.51. The lowest BCUT2D eigenvalue weighted by molar-refractivity contribution is 0.694. The van der Waals surface area contributed by atoms with Gasteiger partial charge in [-0.1, -0.05) is 0 Å². The normalized spacial score (nSPS) is 17.9. The molecule has 8 heavy (non-hydrogen) atoms. The van der Waals surface area contributed by atoms with Gasteiger partial charge >= 0.3 is 0 Å². The van der Waals surface area contributed by atoms with Gasteiger partial charge in [0, 0.05) is 19.0 Å². The minimum atomic E-state index is 0.649. The summed E-state index contributed by atoms with van der Waals surface area (Å²) in [5.74, 6) is 0. The Morgan fingerprint density at radius 1 is 1.62 bits per heavy atom. The van der Waals surface area contributed by atoms with Gasteiger partial charge in [0.1, 0.15) is 0 Å². The first-order valence-corrected chi connectivity index (χ1v) is 3.04. The van der Waals surface area contributed by atoms with E-state index in [0.717, 1.165) is 12.6 Å². The third-order valence-electron chi connectivity index (χ3n) is 1.25. The van der Waals surface area contributed by atoms with Crippen molar-refractivity contribution in [2.75, 3.05) is 6.54 Å². The van der Waals surface area contributed by atoms with E-state index in [2.05, 4.69) is 11.4 Å². The number of rotatable bonds is 3. The van der Waals surface area contributed by atoms with E-state index in [1.807, 2.05) is 0 Å². The van der Waals surface area contributed by atoms with Crippen LogP contribution in [0.5, 0.6) is 0 Å². The Hall–Kier alpha value is -0.550. The van der Waals surface area contributed by atoms with E-state index in [1.165, 1.54) is 12.8 Å². The molecule has 1 aliphatic rings. The fourth-order valence-electron chi connectivity index (χ4n) is 0.620. The van der Waals surface area contributed by atoms with Gasteiger partial charge in [0.25, 0.3) is 0 Å². The molecule has 0 amide bonds. The van der Waals surface area contributed by atoms with E-state index in [0.29, 0.717) is 6.42 Å². The summed E-state index contributed by atoms with van der Waals surface area (Å²) < 4.78 is 0. The predicted octanol–water partition coefficient (Wildman–Crippen LogP) is 0.652. The van der Waals surface area contributed by atoms with E-state index >= 15 is 0 Å². The monoisotopic (exact) mass is 110 g/mol. The minimum absolute atomic E-state index is 0.649. The highest BCUT2D eigenvalue weighted by Crippen LogP contribution is 2.17. The van der Waals surface area contributed by atoms with Crippen LogP contribution in [0.15, 0.2) is 0 Å². The summed E-state index contributed by atoms with van der Waals surface area (Å²) in [6.07, 6.45) is 3.27. The van der Waals surface area contributed by atoms with Gasteiger partial charge in [-0.15, -0.1) is 0 Å². The maximum absolute atomic E-state index is 8.11. The molecule has 1 saturated carbocycles. The molecule has 0 saturated heterocycles. The maximum Gasteiger partial charge on any atom is 0.0635 e. The molecule has 1 aliphatic carbocycles. The van der Waals surface area contributed by atoms with Crippen molar-refractivity contribution in [3.05, 3.63) is 0 Å². The van der Waals surface area contributed by atoms with Gasteiger partial charge in [-0.05, 0) is 12.8 Å². The highest BCUT2D eigenvalue weighted by atomic mass is 14.9. The van der Waals surface area contributed by atoms with Gasteiger partial charge in [0.2, 0.25) is 0 Å². The Labute approximate surface area is 49.5 Å². The van der Waals surface area contributed by atoms with Gasteiger partial charge in [-0.3, -0.25) is 0 Å². The summed E-state index contributed by atoms with van der Waals surface area (Å²) in [5.41, 5.74) is 0. The van der Waals surface area contributed by atoms with Crippen molar-refractivity contribution in [1.29, 1.82) is 5.26 Å². The molecular formula is C6H10N2. The van der Waals surface area contributed by atoms with E-state index in [1.54, 1.807) is 0 Å². The van der Waals surface area contributed by atoms with Crippen LogP contribution < -0.4 is 5.32 Å². The molecule has 0 aromatic carbocycles. The van der Waals surface area contributed by atoms with Crippen molar-refractivity contribution >= 4 is 0 Å². The molecular weight excluding hydrogens is 100 g/mol. The average molecular weight is 110 g/mol. The van der Waals surface area contributed by atoms with Crippen LogP contribution in [0, 0.1) is 11.3 Å². The van der Waals surface area contributed by atoms with Crippen LogP contribution in [0.3, 0.4) is 0 Å². The van der Waals surface area contributed by atoms with Crippen molar-refractivity contribution in [3.63, 3.8) is 0 Å². The Morgan fingerprint density at radius 3 is 2.88 bits per heavy atom. The van der Waals surface area contributed by atoms with Gasteiger partial charge in [-0.25, -0.2) is 0 Å². The topological polar surface area (TPSA) is 35.8 Å². The zero-order valence-electron chi connectivity index (χ0n) is 4.85. The fourth-order valence-corrected chi connectivity index (χ4v) is 0.620. The molecule has 0 atom stereocenters. The second-order valence-electron chi connectivity index (χ2n) is 2.14. The number of nitrogens with one attached hydrogen (secondary N) is 1. The van der Waals surface area contributed by atoms with E-state index in [9.17, 15) is 0 Å². The van der Waals surface area contributed by atoms with Gasteiger partial charge in [0.15, 0.2) is 0 Å². The van der Waals surface area contributed by atoms with Crippen LogP contribution in [0.2, 0.25) is 0 Å².